The lowest BCUT2D eigenvalue weighted by atomic mass is 10.1. The molecule has 1 aliphatic heterocycles. The SMILES string of the molecule is CCOC(=O)c1cc(C2CCCO2)ncn1. The molecule has 2 rings (SSSR count). The molecule has 2 heterocycles. The van der Waals surface area contributed by atoms with Gasteiger partial charge in [0.05, 0.1) is 18.4 Å². The van der Waals surface area contributed by atoms with Crippen molar-refractivity contribution in [1.82, 2.24) is 9.97 Å². The molecule has 16 heavy (non-hydrogen) atoms. The molecule has 5 heteroatoms. The Morgan fingerprint density at radius 1 is 1.62 bits per heavy atom. The summed E-state index contributed by atoms with van der Waals surface area (Å²) in [6.45, 7) is 2.86. The third-order valence-corrected chi connectivity index (χ3v) is 2.43. The number of ether oxygens (including phenoxy) is 2. The Balaban J connectivity index is 2.15. The number of rotatable bonds is 3. The lowest BCUT2D eigenvalue weighted by molar-refractivity contribution is 0.0518. The van der Waals surface area contributed by atoms with E-state index in [2.05, 4.69) is 9.97 Å². The van der Waals surface area contributed by atoms with Crippen LogP contribution in [0, 0.1) is 0 Å². The molecule has 0 N–H and O–H groups in total. The van der Waals surface area contributed by atoms with Gasteiger partial charge in [0.15, 0.2) is 5.69 Å². The van der Waals surface area contributed by atoms with Gasteiger partial charge < -0.3 is 9.47 Å². The molecule has 0 amide bonds. The van der Waals surface area contributed by atoms with E-state index in [-0.39, 0.29) is 6.10 Å². The second-order valence-electron chi connectivity index (χ2n) is 3.55. The summed E-state index contributed by atoms with van der Waals surface area (Å²) in [7, 11) is 0. The molecular weight excluding hydrogens is 208 g/mol. The largest absolute Gasteiger partial charge is 0.461 e. The van der Waals surface area contributed by atoms with Crippen molar-refractivity contribution in [3.8, 4) is 0 Å². The van der Waals surface area contributed by atoms with Crippen LogP contribution < -0.4 is 0 Å². The molecule has 5 nitrogen and oxygen atoms in total. The quantitative estimate of drug-likeness (QED) is 0.725. The van der Waals surface area contributed by atoms with Crippen LogP contribution in [0.5, 0.6) is 0 Å². The highest BCUT2D eigenvalue weighted by Gasteiger charge is 2.20. The van der Waals surface area contributed by atoms with Gasteiger partial charge in [0.2, 0.25) is 0 Å². The third kappa shape index (κ3) is 2.36. The number of carbonyl (C=O) groups excluding carboxylic acids is 1. The minimum Gasteiger partial charge on any atom is -0.461 e. The zero-order valence-corrected chi connectivity index (χ0v) is 9.18. The number of nitrogens with zero attached hydrogens (tertiary/aromatic N) is 2. The van der Waals surface area contributed by atoms with Crippen molar-refractivity contribution in [1.29, 1.82) is 0 Å². The number of hydrogen-bond acceptors (Lipinski definition) is 5. The van der Waals surface area contributed by atoms with Gasteiger partial charge in [0.25, 0.3) is 0 Å². The fraction of sp³-hybridized carbons (Fsp3) is 0.545. The predicted molar refractivity (Wildman–Crippen MR) is 55.9 cm³/mol. The van der Waals surface area contributed by atoms with Crippen molar-refractivity contribution < 1.29 is 14.3 Å². The second-order valence-corrected chi connectivity index (χ2v) is 3.55. The molecule has 0 bridgehead atoms. The molecule has 1 atom stereocenters. The van der Waals surface area contributed by atoms with E-state index in [4.69, 9.17) is 9.47 Å². The van der Waals surface area contributed by atoms with Crippen LogP contribution >= 0.6 is 0 Å². The van der Waals surface area contributed by atoms with Crippen molar-refractivity contribution in [3.63, 3.8) is 0 Å². The summed E-state index contributed by atoms with van der Waals surface area (Å²) in [4.78, 5) is 19.5. The van der Waals surface area contributed by atoms with Crippen LogP contribution in [0.2, 0.25) is 0 Å². The molecule has 1 fully saturated rings. The lowest BCUT2D eigenvalue weighted by Crippen LogP contribution is -2.09. The summed E-state index contributed by atoms with van der Waals surface area (Å²) in [6, 6.07) is 1.65. The zero-order valence-electron chi connectivity index (χ0n) is 9.18. The van der Waals surface area contributed by atoms with Crippen LogP contribution in [0.25, 0.3) is 0 Å². The van der Waals surface area contributed by atoms with Crippen LogP contribution in [-0.2, 0) is 9.47 Å². The predicted octanol–water partition coefficient (Wildman–Crippen LogP) is 1.50. The van der Waals surface area contributed by atoms with Gasteiger partial charge in [-0.15, -0.1) is 0 Å². The maximum atomic E-state index is 11.5. The molecule has 0 aliphatic carbocycles. The minimum absolute atomic E-state index is 0.00354. The lowest BCUT2D eigenvalue weighted by Gasteiger charge is -2.08. The normalized spacial score (nSPS) is 19.7. The summed E-state index contributed by atoms with van der Waals surface area (Å²) in [5.74, 6) is -0.413. The summed E-state index contributed by atoms with van der Waals surface area (Å²) in [5, 5.41) is 0. The van der Waals surface area contributed by atoms with E-state index in [1.54, 1.807) is 13.0 Å². The number of esters is 1. The second kappa shape index (κ2) is 5.03. The Morgan fingerprint density at radius 2 is 2.50 bits per heavy atom. The topological polar surface area (TPSA) is 61.3 Å². The Morgan fingerprint density at radius 3 is 3.19 bits per heavy atom. The highest BCUT2D eigenvalue weighted by molar-refractivity contribution is 5.87. The van der Waals surface area contributed by atoms with E-state index in [0.29, 0.717) is 12.3 Å². The Labute approximate surface area is 93.8 Å². The van der Waals surface area contributed by atoms with Gasteiger partial charge in [0.1, 0.15) is 6.33 Å². The van der Waals surface area contributed by atoms with Gasteiger partial charge in [-0.2, -0.15) is 0 Å². The summed E-state index contributed by atoms with van der Waals surface area (Å²) in [5.41, 5.74) is 1.05. The highest BCUT2D eigenvalue weighted by Crippen LogP contribution is 2.26. The van der Waals surface area contributed by atoms with Crippen LogP contribution in [-0.4, -0.2) is 29.2 Å². The van der Waals surface area contributed by atoms with Gasteiger partial charge in [-0.25, -0.2) is 14.8 Å². The Bertz CT molecular complexity index is 375. The summed E-state index contributed by atoms with van der Waals surface area (Å²) in [6.07, 6.45) is 3.35. The Hall–Kier alpha value is -1.49. The summed E-state index contributed by atoms with van der Waals surface area (Å²) < 4.78 is 10.4. The smallest absolute Gasteiger partial charge is 0.357 e. The maximum absolute atomic E-state index is 11.5. The van der Waals surface area contributed by atoms with Gasteiger partial charge in [-0.3, -0.25) is 0 Å². The van der Waals surface area contributed by atoms with Crippen molar-refractivity contribution in [2.45, 2.75) is 25.9 Å². The Kier molecular flexibility index (Phi) is 3.46. The number of hydrogen-bond donors (Lipinski definition) is 0. The molecule has 86 valence electrons. The van der Waals surface area contributed by atoms with Gasteiger partial charge in [-0.1, -0.05) is 0 Å². The molecule has 1 aliphatic rings. The highest BCUT2D eigenvalue weighted by atomic mass is 16.5. The van der Waals surface area contributed by atoms with Crippen molar-refractivity contribution in [2.75, 3.05) is 13.2 Å². The van der Waals surface area contributed by atoms with E-state index >= 15 is 0 Å². The van der Waals surface area contributed by atoms with Crippen LogP contribution in [0.3, 0.4) is 0 Å². The molecule has 1 unspecified atom stereocenters. The van der Waals surface area contributed by atoms with Crippen molar-refractivity contribution >= 4 is 5.97 Å². The maximum Gasteiger partial charge on any atom is 0.357 e. The summed E-state index contributed by atoms with van der Waals surface area (Å²) >= 11 is 0. The number of aromatic nitrogens is 2. The monoisotopic (exact) mass is 222 g/mol. The van der Waals surface area contributed by atoms with E-state index in [1.165, 1.54) is 6.33 Å². The first-order chi connectivity index (χ1) is 7.81. The first-order valence-corrected chi connectivity index (χ1v) is 5.42. The molecular formula is C11H14N2O3. The van der Waals surface area contributed by atoms with Crippen molar-refractivity contribution in [2.24, 2.45) is 0 Å². The first kappa shape index (κ1) is 11.0. The number of carbonyl (C=O) groups is 1. The zero-order chi connectivity index (χ0) is 11.4. The van der Waals surface area contributed by atoms with E-state index in [9.17, 15) is 4.79 Å². The van der Waals surface area contributed by atoms with Gasteiger partial charge in [0, 0.05) is 6.61 Å². The van der Waals surface area contributed by atoms with E-state index in [1.807, 2.05) is 0 Å². The molecule has 0 radical (unpaired) electrons. The van der Waals surface area contributed by atoms with Crippen molar-refractivity contribution in [3.05, 3.63) is 23.8 Å². The van der Waals surface area contributed by atoms with Crippen LogP contribution in [0.15, 0.2) is 12.4 Å². The average Bonchev–Trinajstić information content (AvgIpc) is 2.83. The van der Waals surface area contributed by atoms with Crippen LogP contribution in [0.1, 0.15) is 42.1 Å². The molecule has 0 aromatic carbocycles. The molecule has 1 aromatic heterocycles. The van der Waals surface area contributed by atoms with E-state index in [0.717, 1.165) is 25.1 Å². The first-order valence-electron chi connectivity index (χ1n) is 5.42. The fourth-order valence-corrected chi connectivity index (χ4v) is 1.68. The van der Waals surface area contributed by atoms with E-state index < -0.39 is 5.97 Å². The fourth-order valence-electron chi connectivity index (χ4n) is 1.68. The van der Waals surface area contributed by atoms with Crippen LogP contribution in [0.4, 0.5) is 0 Å². The average molecular weight is 222 g/mol. The molecule has 1 saturated heterocycles. The minimum atomic E-state index is -0.413. The molecule has 1 aromatic rings. The standard InChI is InChI=1S/C11H14N2O3/c1-2-15-11(14)9-6-8(12-7-13-9)10-4-3-5-16-10/h6-7,10H,2-5H2,1H3. The molecule has 0 spiro atoms. The van der Waals surface area contributed by atoms with Gasteiger partial charge in [-0.05, 0) is 25.8 Å². The van der Waals surface area contributed by atoms with Gasteiger partial charge >= 0.3 is 5.97 Å². The third-order valence-electron chi connectivity index (χ3n) is 2.43. The molecule has 0 saturated carbocycles.